The van der Waals surface area contributed by atoms with E-state index in [1.807, 2.05) is 55.0 Å². The fourth-order valence-electron chi connectivity index (χ4n) is 7.85. The SMILES string of the molecule is COC(=O)Nc1ccc(-c2c[nH]c(C3C(C4CC4)CC(C4CCN(C(=O)OC(C)(C)C)CC4)CN3C(=O)C=Cc3cc(Cl)ccc3-n3cnnn3)n2)cc1. The number of tetrazole rings is 1. The number of amides is 3. The molecular formula is C39H46ClN9O5. The van der Waals surface area contributed by atoms with Gasteiger partial charge in [0.25, 0.3) is 0 Å². The first-order valence-corrected chi connectivity index (χ1v) is 18.8. The number of imidazole rings is 1. The number of nitrogens with one attached hydrogen (secondary N) is 2. The van der Waals surface area contributed by atoms with E-state index < -0.39 is 11.7 Å². The number of benzene rings is 2. The van der Waals surface area contributed by atoms with Crippen LogP contribution in [-0.4, -0.2) is 90.4 Å². The molecule has 2 aromatic heterocycles. The molecule has 1 aliphatic carbocycles. The van der Waals surface area contributed by atoms with Gasteiger partial charge in [-0.25, -0.2) is 14.6 Å². The Balaban J connectivity index is 1.17. The van der Waals surface area contributed by atoms with E-state index in [0.717, 1.165) is 49.2 Å². The molecule has 4 heterocycles. The van der Waals surface area contributed by atoms with E-state index in [1.54, 1.807) is 36.4 Å². The minimum absolute atomic E-state index is 0.125. The minimum atomic E-state index is -0.549. The van der Waals surface area contributed by atoms with E-state index in [2.05, 4.69) is 25.8 Å². The number of anilines is 1. The number of nitrogens with zero attached hydrogens (tertiary/aromatic N) is 7. The average Bonchev–Trinajstić information content (AvgIpc) is 3.63. The second-order valence-corrected chi connectivity index (χ2v) is 15.8. The number of aromatic amines is 1. The van der Waals surface area contributed by atoms with Crippen LogP contribution in [0.4, 0.5) is 15.3 Å². The second kappa shape index (κ2) is 15.6. The summed E-state index contributed by atoms with van der Waals surface area (Å²) in [5.74, 6) is 1.93. The number of ether oxygens (including phenoxy) is 2. The van der Waals surface area contributed by atoms with Crippen LogP contribution in [0.1, 0.15) is 70.3 Å². The van der Waals surface area contributed by atoms with Crippen LogP contribution in [0.3, 0.4) is 0 Å². The molecule has 4 aromatic rings. The topological polar surface area (TPSA) is 160 Å². The van der Waals surface area contributed by atoms with Crippen molar-refractivity contribution in [3.63, 3.8) is 0 Å². The van der Waals surface area contributed by atoms with Crippen molar-refractivity contribution in [2.75, 3.05) is 32.1 Å². The number of aromatic nitrogens is 6. The zero-order chi connectivity index (χ0) is 38.0. The molecule has 54 heavy (non-hydrogen) atoms. The summed E-state index contributed by atoms with van der Waals surface area (Å²) in [7, 11) is 1.32. The van der Waals surface area contributed by atoms with Crippen LogP contribution in [0.25, 0.3) is 23.0 Å². The van der Waals surface area contributed by atoms with Crippen LogP contribution < -0.4 is 5.32 Å². The van der Waals surface area contributed by atoms with Gasteiger partial charge in [0.05, 0.1) is 24.5 Å². The first-order chi connectivity index (χ1) is 26.0. The fourth-order valence-corrected chi connectivity index (χ4v) is 8.03. The molecule has 7 rings (SSSR count). The Hall–Kier alpha value is -5.24. The van der Waals surface area contributed by atoms with Gasteiger partial charge in [-0.3, -0.25) is 10.1 Å². The zero-order valence-electron chi connectivity index (χ0n) is 30.9. The van der Waals surface area contributed by atoms with Gasteiger partial charge in [0.15, 0.2) is 0 Å². The molecule has 3 unspecified atom stereocenters. The maximum absolute atomic E-state index is 14.6. The summed E-state index contributed by atoms with van der Waals surface area (Å²) in [5.41, 5.74) is 3.07. The summed E-state index contributed by atoms with van der Waals surface area (Å²) < 4.78 is 11.9. The monoisotopic (exact) mass is 755 g/mol. The number of piperidine rings is 2. The molecule has 284 valence electrons. The van der Waals surface area contributed by atoms with E-state index in [4.69, 9.17) is 26.1 Å². The second-order valence-electron chi connectivity index (χ2n) is 15.4. The zero-order valence-corrected chi connectivity index (χ0v) is 31.7. The number of hydrogen-bond acceptors (Lipinski definition) is 9. The summed E-state index contributed by atoms with van der Waals surface area (Å²) in [5, 5.41) is 14.8. The number of H-pyrrole nitrogens is 1. The number of carbonyl (C=O) groups is 3. The Morgan fingerprint density at radius 1 is 1.00 bits per heavy atom. The largest absolute Gasteiger partial charge is 0.453 e. The molecule has 14 nitrogen and oxygen atoms in total. The first-order valence-electron chi connectivity index (χ1n) is 18.5. The lowest BCUT2D eigenvalue weighted by Crippen LogP contribution is -2.50. The molecule has 2 aliphatic heterocycles. The smallest absolute Gasteiger partial charge is 0.411 e. The molecular weight excluding hydrogens is 710 g/mol. The molecule has 2 N–H and O–H groups in total. The number of likely N-dealkylation sites (tertiary alicyclic amines) is 2. The molecule has 1 saturated carbocycles. The van der Waals surface area contributed by atoms with Gasteiger partial charge in [0.1, 0.15) is 17.8 Å². The van der Waals surface area contributed by atoms with E-state index >= 15 is 0 Å². The summed E-state index contributed by atoms with van der Waals surface area (Å²) in [6.07, 6.45) is 10.9. The molecule has 0 radical (unpaired) electrons. The summed E-state index contributed by atoms with van der Waals surface area (Å²) in [6.45, 7) is 7.48. The Morgan fingerprint density at radius 3 is 2.43 bits per heavy atom. The third kappa shape index (κ3) is 8.59. The standard InChI is InChI=1S/C39H46ClN9O5/c1-39(2,3)54-38(52)47-17-15-24(16-18-47)28-20-31(25-5-6-25)35(36-41-21-32(44-36)26-7-11-30(12-8-26)43-37(51)53-4)48(22-28)34(50)14-9-27-19-29(40)10-13-33(27)49-23-42-45-46-49/h7-14,19,21,23-25,28,31,35H,5-6,15-18,20,22H2,1-4H3,(H,41,44)(H,43,51). The van der Waals surface area contributed by atoms with E-state index in [-0.39, 0.29) is 29.9 Å². The molecule has 3 fully saturated rings. The Labute approximate surface area is 319 Å². The maximum Gasteiger partial charge on any atom is 0.411 e. The van der Waals surface area contributed by atoms with Crippen LogP contribution in [0, 0.1) is 23.7 Å². The predicted molar refractivity (Wildman–Crippen MR) is 203 cm³/mol. The number of carbonyl (C=O) groups excluding carboxylic acids is 3. The minimum Gasteiger partial charge on any atom is -0.453 e. The average molecular weight is 756 g/mol. The molecule has 3 amide bonds. The normalized spacial score (nSPS) is 20.9. The lowest BCUT2D eigenvalue weighted by atomic mass is 9.72. The van der Waals surface area contributed by atoms with Crippen molar-refractivity contribution in [2.24, 2.45) is 23.7 Å². The van der Waals surface area contributed by atoms with Crippen molar-refractivity contribution in [2.45, 2.75) is 64.5 Å². The highest BCUT2D eigenvalue weighted by molar-refractivity contribution is 6.30. The molecule has 3 atom stereocenters. The molecule has 2 saturated heterocycles. The Morgan fingerprint density at radius 2 is 1.76 bits per heavy atom. The number of halogens is 1. The Kier molecular flexibility index (Phi) is 10.7. The lowest BCUT2D eigenvalue weighted by Gasteiger charge is -2.47. The third-order valence-electron chi connectivity index (χ3n) is 10.6. The van der Waals surface area contributed by atoms with Gasteiger partial charge in [-0.1, -0.05) is 23.7 Å². The van der Waals surface area contributed by atoms with Crippen LogP contribution >= 0.6 is 11.6 Å². The quantitative estimate of drug-likeness (QED) is 0.178. The van der Waals surface area contributed by atoms with Crippen LogP contribution in [0.2, 0.25) is 5.02 Å². The van der Waals surface area contributed by atoms with Gasteiger partial charge >= 0.3 is 12.2 Å². The molecule has 0 bridgehead atoms. The van der Waals surface area contributed by atoms with Crippen LogP contribution in [-0.2, 0) is 14.3 Å². The van der Waals surface area contributed by atoms with Crippen molar-refractivity contribution in [3.8, 4) is 16.9 Å². The summed E-state index contributed by atoms with van der Waals surface area (Å²) in [4.78, 5) is 51.5. The lowest BCUT2D eigenvalue weighted by molar-refractivity contribution is -0.134. The number of methoxy groups -OCH3 is 1. The summed E-state index contributed by atoms with van der Waals surface area (Å²) in [6, 6.07) is 12.5. The third-order valence-corrected chi connectivity index (χ3v) is 10.8. The predicted octanol–water partition coefficient (Wildman–Crippen LogP) is 7.16. The van der Waals surface area contributed by atoms with Crippen molar-refractivity contribution < 1.29 is 23.9 Å². The van der Waals surface area contributed by atoms with Gasteiger partial charge in [0, 0.05) is 53.7 Å². The number of rotatable bonds is 8. The van der Waals surface area contributed by atoms with Gasteiger partial charge < -0.3 is 24.3 Å². The fraction of sp³-hybridized carbons (Fsp3) is 0.462. The van der Waals surface area contributed by atoms with E-state index in [0.29, 0.717) is 53.4 Å². The van der Waals surface area contributed by atoms with E-state index in [1.165, 1.54) is 18.1 Å². The van der Waals surface area contributed by atoms with Gasteiger partial charge in [-0.05, 0) is 123 Å². The molecule has 3 aliphatic rings. The van der Waals surface area contributed by atoms with Crippen molar-refractivity contribution in [1.82, 2.24) is 40.0 Å². The van der Waals surface area contributed by atoms with Gasteiger partial charge in [-0.15, -0.1) is 5.10 Å². The van der Waals surface area contributed by atoms with Crippen molar-refractivity contribution >= 4 is 41.5 Å². The highest BCUT2D eigenvalue weighted by Gasteiger charge is 2.48. The van der Waals surface area contributed by atoms with Crippen LogP contribution in [0.15, 0.2) is 61.1 Å². The number of hydrogen-bond donors (Lipinski definition) is 2. The first kappa shape index (κ1) is 37.1. The van der Waals surface area contributed by atoms with Crippen molar-refractivity contribution in [3.05, 3.63) is 77.5 Å². The van der Waals surface area contributed by atoms with Gasteiger partial charge in [0.2, 0.25) is 5.91 Å². The van der Waals surface area contributed by atoms with Crippen molar-refractivity contribution in [1.29, 1.82) is 0 Å². The molecule has 2 aromatic carbocycles. The Bertz CT molecular complexity index is 1980. The highest BCUT2D eigenvalue weighted by atomic mass is 35.5. The highest BCUT2D eigenvalue weighted by Crippen LogP contribution is 2.52. The molecule has 15 heteroatoms. The van der Waals surface area contributed by atoms with E-state index in [9.17, 15) is 14.4 Å². The van der Waals surface area contributed by atoms with Gasteiger partial charge in [-0.2, -0.15) is 4.68 Å². The summed E-state index contributed by atoms with van der Waals surface area (Å²) >= 11 is 6.40. The molecule has 0 spiro atoms. The maximum atomic E-state index is 14.6. The van der Waals surface area contributed by atoms with Crippen LogP contribution in [0.5, 0.6) is 0 Å².